The van der Waals surface area contributed by atoms with Crippen molar-refractivity contribution in [2.75, 3.05) is 6.54 Å². The van der Waals surface area contributed by atoms with Crippen LogP contribution < -0.4 is 15.8 Å². The summed E-state index contributed by atoms with van der Waals surface area (Å²) in [5.74, 6) is 1.02. The van der Waals surface area contributed by atoms with E-state index in [9.17, 15) is 4.79 Å². The van der Waals surface area contributed by atoms with Crippen LogP contribution in [0.2, 0.25) is 0 Å². The highest BCUT2D eigenvalue weighted by Crippen LogP contribution is 2.26. The smallest absolute Gasteiger partial charge is 0.248 e. The molecule has 0 saturated heterocycles. The van der Waals surface area contributed by atoms with Crippen LogP contribution in [-0.2, 0) is 13.0 Å². The van der Waals surface area contributed by atoms with E-state index >= 15 is 0 Å². The van der Waals surface area contributed by atoms with Gasteiger partial charge in [-0.3, -0.25) is 9.78 Å². The van der Waals surface area contributed by atoms with Gasteiger partial charge < -0.3 is 15.8 Å². The van der Waals surface area contributed by atoms with E-state index in [1.54, 1.807) is 18.2 Å². The van der Waals surface area contributed by atoms with Gasteiger partial charge in [-0.2, -0.15) is 0 Å². The molecule has 1 aromatic heterocycles. The molecule has 138 valence electrons. The lowest BCUT2D eigenvalue weighted by Crippen LogP contribution is -2.17. The minimum Gasteiger partial charge on any atom is -0.457 e. The average Bonchev–Trinajstić information content (AvgIpc) is 2.68. The van der Waals surface area contributed by atoms with Crippen molar-refractivity contribution >= 4 is 5.91 Å². The Labute approximate surface area is 159 Å². The summed E-state index contributed by atoms with van der Waals surface area (Å²) in [6.07, 6.45) is 2.72. The largest absolute Gasteiger partial charge is 0.457 e. The van der Waals surface area contributed by atoms with E-state index in [2.05, 4.69) is 10.3 Å². The summed E-state index contributed by atoms with van der Waals surface area (Å²) >= 11 is 0. The summed E-state index contributed by atoms with van der Waals surface area (Å²) in [5, 5.41) is 3.42. The van der Waals surface area contributed by atoms with Crippen molar-refractivity contribution in [2.24, 2.45) is 5.73 Å². The fourth-order valence-electron chi connectivity index (χ4n) is 2.71. The number of ether oxygens (including phenoxy) is 1. The number of nitrogens with one attached hydrogen (secondary N) is 1. The molecule has 0 aliphatic rings. The van der Waals surface area contributed by atoms with E-state index in [4.69, 9.17) is 10.5 Å². The van der Waals surface area contributed by atoms with Crippen LogP contribution in [0.15, 0.2) is 66.9 Å². The maximum Gasteiger partial charge on any atom is 0.248 e. The Balaban J connectivity index is 1.50. The number of aryl methyl sites for hydroxylation is 1. The van der Waals surface area contributed by atoms with Gasteiger partial charge >= 0.3 is 0 Å². The number of carbonyl (C=O) groups is 1. The van der Waals surface area contributed by atoms with Gasteiger partial charge in [-0.1, -0.05) is 18.2 Å². The number of benzene rings is 2. The number of primary amides is 1. The molecular formula is C22H23N3O2. The minimum atomic E-state index is -0.440. The minimum absolute atomic E-state index is 0.440. The lowest BCUT2D eigenvalue weighted by atomic mass is 10.1. The van der Waals surface area contributed by atoms with Crippen LogP contribution >= 0.6 is 0 Å². The molecule has 5 nitrogen and oxygen atoms in total. The normalized spacial score (nSPS) is 10.6. The first-order valence-electron chi connectivity index (χ1n) is 8.90. The molecule has 1 amide bonds. The second-order valence-corrected chi connectivity index (χ2v) is 6.34. The van der Waals surface area contributed by atoms with E-state index in [1.807, 2.05) is 55.6 Å². The molecule has 27 heavy (non-hydrogen) atoms. The number of hydrogen-bond acceptors (Lipinski definition) is 4. The zero-order valence-corrected chi connectivity index (χ0v) is 15.3. The molecule has 0 fully saturated rings. The van der Waals surface area contributed by atoms with Gasteiger partial charge in [0.25, 0.3) is 0 Å². The molecule has 0 atom stereocenters. The maximum absolute atomic E-state index is 11.2. The van der Waals surface area contributed by atoms with Gasteiger partial charge in [-0.15, -0.1) is 0 Å². The lowest BCUT2D eigenvalue weighted by Gasteiger charge is -2.10. The Bertz CT molecular complexity index is 893. The van der Waals surface area contributed by atoms with Gasteiger partial charge in [0.05, 0.1) is 0 Å². The number of amides is 1. The van der Waals surface area contributed by atoms with Crippen molar-refractivity contribution < 1.29 is 9.53 Å². The zero-order chi connectivity index (χ0) is 19.1. The monoisotopic (exact) mass is 361 g/mol. The standard InChI is InChI=1S/C22H23N3O2/c1-16-14-18(22(23)26)7-10-21(16)27-20-8-5-17(6-9-20)15-24-13-11-19-4-2-3-12-25-19/h2-10,12,14,24H,11,13,15H2,1H3,(H2,23,26). The number of carbonyl (C=O) groups excluding carboxylic acids is 1. The first-order valence-corrected chi connectivity index (χ1v) is 8.90. The summed E-state index contributed by atoms with van der Waals surface area (Å²) in [6.45, 7) is 3.56. The molecule has 0 spiro atoms. The van der Waals surface area contributed by atoms with Crippen LogP contribution in [0.5, 0.6) is 11.5 Å². The number of nitrogens with zero attached hydrogens (tertiary/aromatic N) is 1. The Morgan fingerprint density at radius 2 is 1.93 bits per heavy atom. The molecule has 0 bridgehead atoms. The fourth-order valence-corrected chi connectivity index (χ4v) is 2.71. The molecule has 0 aliphatic heterocycles. The van der Waals surface area contributed by atoms with Crippen molar-refractivity contribution in [1.82, 2.24) is 10.3 Å². The Hall–Kier alpha value is -3.18. The highest BCUT2D eigenvalue weighted by atomic mass is 16.5. The number of aromatic nitrogens is 1. The van der Waals surface area contributed by atoms with Crippen LogP contribution in [0, 0.1) is 6.92 Å². The molecule has 0 saturated carbocycles. The van der Waals surface area contributed by atoms with E-state index in [0.29, 0.717) is 11.3 Å². The lowest BCUT2D eigenvalue weighted by molar-refractivity contribution is 0.1000. The first kappa shape index (κ1) is 18.6. The maximum atomic E-state index is 11.2. The van der Waals surface area contributed by atoms with Crippen LogP contribution in [0.1, 0.15) is 27.2 Å². The predicted octanol–water partition coefficient (Wildman–Crippen LogP) is 3.61. The molecule has 0 unspecified atom stereocenters. The third-order valence-corrected chi connectivity index (χ3v) is 4.22. The van der Waals surface area contributed by atoms with E-state index in [1.165, 1.54) is 5.56 Å². The van der Waals surface area contributed by atoms with Crippen molar-refractivity contribution in [3.8, 4) is 11.5 Å². The number of nitrogens with two attached hydrogens (primary N) is 1. The molecule has 2 aromatic carbocycles. The summed E-state index contributed by atoms with van der Waals surface area (Å²) in [6, 6.07) is 19.1. The van der Waals surface area contributed by atoms with Crippen LogP contribution in [0.3, 0.4) is 0 Å². The average molecular weight is 361 g/mol. The molecule has 0 radical (unpaired) electrons. The van der Waals surface area contributed by atoms with Gasteiger partial charge in [0.1, 0.15) is 11.5 Å². The van der Waals surface area contributed by atoms with Crippen LogP contribution in [0.25, 0.3) is 0 Å². The highest BCUT2D eigenvalue weighted by Gasteiger charge is 2.06. The molecule has 3 N–H and O–H groups in total. The summed E-state index contributed by atoms with van der Waals surface area (Å²) in [5.41, 5.74) is 8.92. The molecule has 1 heterocycles. The second-order valence-electron chi connectivity index (χ2n) is 6.34. The molecule has 5 heteroatoms. The van der Waals surface area contributed by atoms with Gasteiger partial charge in [-0.05, 0) is 60.5 Å². The van der Waals surface area contributed by atoms with Crippen molar-refractivity contribution in [1.29, 1.82) is 0 Å². The number of hydrogen-bond donors (Lipinski definition) is 2. The first-order chi connectivity index (χ1) is 13.1. The Morgan fingerprint density at radius 3 is 2.59 bits per heavy atom. The number of rotatable bonds is 8. The fraction of sp³-hybridized carbons (Fsp3) is 0.182. The third-order valence-electron chi connectivity index (χ3n) is 4.22. The third kappa shape index (κ3) is 5.39. The summed E-state index contributed by atoms with van der Waals surface area (Å²) < 4.78 is 5.90. The Kier molecular flexibility index (Phi) is 6.18. The molecule has 3 rings (SSSR count). The van der Waals surface area contributed by atoms with E-state index < -0.39 is 5.91 Å². The van der Waals surface area contributed by atoms with Crippen LogP contribution in [-0.4, -0.2) is 17.4 Å². The molecule has 3 aromatic rings. The highest BCUT2D eigenvalue weighted by molar-refractivity contribution is 5.93. The van der Waals surface area contributed by atoms with Gasteiger partial charge in [0.15, 0.2) is 0 Å². The zero-order valence-electron chi connectivity index (χ0n) is 15.3. The van der Waals surface area contributed by atoms with Crippen molar-refractivity contribution in [2.45, 2.75) is 19.9 Å². The Morgan fingerprint density at radius 1 is 1.11 bits per heavy atom. The predicted molar refractivity (Wildman–Crippen MR) is 106 cm³/mol. The quantitative estimate of drug-likeness (QED) is 0.601. The number of pyridine rings is 1. The van der Waals surface area contributed by atoms with E-state index in [0.717, 1.165) is 36.5 Å². The SMILES string of the molecule is Cc1cc(C(N)=O)ccc1Oc1ccc(CNCCc2ccccn2)cc1. The van der Waals surface area contributed by atoms with Gasteiger partial charge in [-0.25, -0.2) is 0 Å². The van der Waals surface area contributed by atoms with Gasteiger partial charge in [0.2, 0.25) is 5.91 Å². The topological polar surface area (TPSA) is 77.2 Å². The molecule has 0 aliphatic carbocycles. The van der Waals surface area contributed by atoms with Gasteiger partial charge in [0, 0.05) is 37.0 Å². The van der Waals surface area contributed by atoms with Crippen LogP contribution in [0.4, 0.5) is 0 Å². The van der Waals surface area contributed by atoms with Crippen molar-refractivity contribution in [3.63, 3.8) is 0 Å². The van der Waals surface area contributed by atoms with Crippen molar-refractivity contribution in [3.05, 3.63) is 89.2 Å². The molecular weight excluding hydrogens is 338 g/mol. The summed E-state index contributed by atoms with van der Waals surface area (Å²) in [7, 11) is 0. The van der Waals surface area contributed by atoms with E-state index in [-0.39, 0.29) is 0 Å². The second kappa shape index (κ2) is 8.96. The summed E-state index contributed by atoms with van der Waals surface area (Å²) in [4.78, 5) is 15.5.